The summed E-state index contributed by atoms with van der Waals surface area (Å²) in [7, 11) is -2.55. The maximum atomic E-state index is 13.0. The van der Waals surface area contributed by atoms with Gasteiger partial charge in [-0.3, -0.25) is 9.52 Å². The lowest BCUT2D eigenvalue weighted by atomic mass is 9.92. The summed E-state index contributed by atoms with van der Waals surface area (Å²) in [6.45, 7) is 7.75. The lowest BCUT2D eigenvalue weighted by Gasteiger charge is -2.18. The van der Waals surface area contributed by atoms with Gasteiger partial charge in [-0.1, -0.05) is 26.8 Å². The molecule has 6 nitrogen and oxygen atoms in total. The van der Waals surface area contributed by atoms with Gasteiger partial charge in [0.2, 0.25) is 5.91 Å². The molecule has 152 valence electrons. The monoisotopic (exact) mass is 468 g/mol. The number of amides is 1. The number of halogens is 1. The Bertz CT molecular complexity index is 982. The molecule has 0 heterocycles. The zero-order chi connectivity index (χ0) is 21.1. The van der Waals surface area contributed by atoms with E-state index < -0.39 is 10.0 Å². The number of sulfonamides is 1. The number of carbonyl (C=O) groups excluding carboxylic acids is 1. The summed E-state index contributed by atoms with van der Waals surface area (Å²) < 4.78 is 34.4. The maximum absolute atomic E-state index is 13.0. The number of benzene rings is 2. The van der Waals surface area contributed by atoms with E-state index in [-0.39, 0.29) is 22.0 Å². The van der Waals surface area contributed by atoms with Crippen molar-refractivity contribution < 1.29 is 17.9 Å². The second-order valence-electron chi connectivity index (χ2n) is 7.74. The second-order valence-corrected chi connectivity index (χ2v) is 10.2. The fourth-order valence-corrected chi connectivity index (χ4v) is 4.31. The molecule has 2 aromatic rings. The molecule has 2 rings (SSSR count). The van der Waals surface area contributed by atoms with Crippen LogP contribution in [0.1, 0.15) is 32.8 Å². The molecule has 0 bridgehead atoms. The SMILES string of the molecule is COc1ccc(NC(=O)CC(C)(C)C)cc1S(=O)(=O)Nc1cc(C)ccc1Br. The van der Waals surface area contributed by atoms with Crippen molar-refractivity contribution in [1.29, 1.82) is 0 Å². The predicted octanol–water partition coefficient (Wildman–Crippen LogP) is 4.94. The van der Waals surface area contributed by atoms with Gasteiger partial charge in [0.25, 0.3) is 10.0 Å². The molecule has 0 aromatic heterocycles. The number of carbonyl (C=O) groups is 1. The summed E-state index contributed by atoms with van der Waals surface area (Å²) in [5, 5.41) is 2.75. The first kappa shape index (κ1) is 22.2. The van der Waals surface area contributed by atoms with Gasteiger partial charge in [0.15, 0.2) is 0 Å². The molecule has 0 spiro atoms. The van der Waals surface area contributed by atoms with Crippen LogP contribution in [0.2, 0.25) is 0 Å². The average molecular weight is 469 g/mol. The van der Waals surface area contributed by atoms with Crippen LogP contribution in [0, 0.1) is 12.3 Å². The van der Waals surface area contributed by atoms with Crippen LogP contribution in [-0.2, 0) is 14.8 Å². The predicted molar refractivity (Wildman–Crippen MR) is 115 cm³/mol. The summed E-state index contributed by atoms with van der Waals surface area (Å²) in [5.74, 6) is 0.000462. The minimum absolute atomic E-state index is 0.0584. The van der Waals surface area contributed by atoms with Crippen LogP contribution in [0.4, 0.5) is 11.4 Å². The third kappa shape index (κ3) is 5.97. The Hall–Kier alpha value is -2.06. The molecule has 0 atom stereocenters. The summed E-state index contributed by atoms with van der Waals surface area (Å²) in [5.41, 5.74) is 1.55. The first-order valence-corrected chi connectivity index (χ1v) is 11.0. The lowest BCUT2D eigenvalue weighted by Crippen LogP contribution is -2.20. The van der Waals surface area contributed by atoms with Gasteiger partial charge in [0, 0.05) is 16.6 Å². The number of hydrogen-bond donors (Lipinski definition) is 2. The van der Waals surface area contributed by atoms with Crippen molar-refractivity contribution in [3.63, 3.8) is 0 Å². The van der Waals surface area contributed by atoms with E-state index >= 15 is 0 Å². The highest BCUT2D eigenvalue weighted by Gasteiger charge is 2.22. The highest BCUT2D eigenvalue weighted by molar-refractivity contribution is 9.10. The summed E-state index contributed by atoms with van der Waals surface area (Å²) >= 11 is 3.35. The van der Waals surface area contributed by atoms with Crippen LogP contribution in [-0.4, -0.2) is 21.4 Å². The Morgan fingerprint density at radius 1 is 1.14 bits per heavy atom. The largest absolute Gasteiger partial charge is 0.495 e. The Morgan fingerprint density at radius 2 is 1.82 bits per heavy atom. The zero-order valence-corrected chi connectivity index (χ0v) is 19.0. The van der Waals surface area contributed by atoms with Gasteiger partial charge in [0.05, 0.1) is 12.8 Å². The Balaban J connectivity index is 2.36. The zero-order valence-electron chi connectivity index (χ0n) is 16.6. The molecule has 0 radical (unpaired) electrons. The quantitative estimate of drug-likeness (QED) is 0.628. The first-order valence-electron chi connectivity index (χ1n) is 8.68. The van der Waals surface area contributed by atoms with E-state index in [9.17, 15) is 13.2 Å². The maximum Gasteiger partial charge on any atom is 0.265 e. The number of rotatable bonds is 6. The number of nitrogens with one attached hydrogen (secondary N) is 2. The molecule has 0 saturated heterocycles. The van der Waals surface area contributed by atoms with Gasteiger partial charge in [0.1, 0.15) is 10.6 Å². The van der Waals surface area contributed by atoms with E-state index in [1.165, 1.54) is 19.2 Å². The Morgan fingerprint density at radius 3 is 2.43 bits per heavy atom. The number of anilines is 2. The smallest absolute Gasteiger partial charge is 0.265 e. The van der Waals surface area contributed by atoms with Crippen LogP contribution in [0.5, 0.6) is 5.75 Å². The van der Waals surface area contributed by atoms with Crippen molar-refractivity contribution in [3.8, 4) is 5.75 Å². The van der Waals surface area contributed by atoms with Gasteiger partial charge in [-0.05, 0) is 64.2 Å². The van der Waals surface area contributed by atoms with E-state index in [0.717, 1.165) is 5.56 Å². The van der Waals surface area contributed by atoms with Gasteiger partial charge in [-0.2, -0.15) is 0 Å². The molecule has 0 aliphatic rings. The molecule has 0 fully saturated rings. The van der Waals surface area contributed by atoms with E-state index in [0.29, 0.717) is 22.3 Å². The van der Waals surface area contributed by atoms with E-state index in [1.54, 1.807) is 18.2 Å². The normalized spacial score (nSPS) is 11.8. The second kappa shape index (κ2) is 8.53. The number of methoxy groups -OCH3 is 1. The highest BCUT2D eigenvalue weighted by atomic mass is 79.9. The molecule has 0 saturated carbocycles. The summed E-state index contributed by atoms with van der Waals surface area (Å²) in [4.78, 5) is 12.1. The molecular formula is C20H25BrN2O4S. The first-order chi connectivity index (χ1) is 12.9. The van der Waals surface area contributed by atoms with Crippen molar-refractivity contribution in [1.82, 2.24) is 0 Å². The molecule has 28 heavy (non-hydrogen) atoms. The number of ether oxygens (including phenoxy) is 1. The fraction of sp³-hybridized carbons (Fsp3) is 0.350. The van der Waals surface area contributed by atoms with Crippen molar-refractivity contribution in [2.75, 3.05) is 17.1 Å². The van der Waals surface area contributed by atoms with Crippen molar-refractivity contribution >= 4 is 43.2 Å². The highest BCUT2D eigenvalue weighted by Crippen LogP contribution is 2.31. The Kier molecular flexibility index (Phi) is 6.77. The Labute approximate surface area is 174 Å². The molecule has 8 heteroatoms. The van der Waals surface area contributed by atoms with Crippen molar-refractivity contribution in [2.45, 2.75) is 39.0 Å². The molecule has 2 aromatic carbocycles. The third-order valence-corrected chi connectivity index (χ3v) is 5.87. The van der Waals surface area contributed by atoms with Gasteiger partial charge in [-0.15, -0.1) is 0 Å². The standard InChI is InChI=1S/C20H25BrN2O4S/c1-13-6-8-15(21)16(10-13)23-28(25,26)18-11-14(7-9-17(18)27-5)22-19(24)12-20(2,3)4/h6-11,23H,12H2,1-5H3,(H,22,24). The van der Waals surface area contributed by atoms with Crippen molar-refractivity contribution in [3.05, 3.63) is 46.4 Å². The lowest BCUT2D eigenvalue weighted by molar-refractivity contribution is -0.117. The molecule has 1 amide bonds. The van der Waals surface area contributed by atoms with Gasteiger partial charge in [-0.25, -0.2) is 8.42 Å². The molecule has 0 unspecified atom stereocenters. The number of aryl methyl sites for hydroxylation is 1. The molecule has 2 N–H and O–H groups in total. The van der Waals surface area contributed by atoms with Crippen LogP contribution in [0.25, 0.3) is 0 Å². The minimum Gasteiger partial charge on any atom is -0.495 e. The average Bonchev–Trinajstić information content (AvgIpc) is 2.56. The van der Waals surface area contributed by atoms with Crippen LogP contribution < -0.4 is 14.8 Å². The van der Waals surface area contributed by atoms with Crippen LogP contribution >= 0.6 is 15.9 Å². The van der Waals surface area contributed by atoms with Crippen molar-refractivity contribution in [2.24, 2.45) is 5.41 Å². The topological polar surface area (TPSA) is 84.5 Å². The minimum atomic E-state index is -3.95. The molecule has 0 aliphatic carbocycles. The van der Waals surface area contributed by atoms with Crippen LogP contribution in [0.3, 0.4) is 0 Å². The van der Waals surface area contributed by atoms with Gasteiger partial charge < -0.3 is 10.1 Å². The van der Waals surface area contributed by atoms with Gasteiger partial charge >= 0.3 is 0 Å². The van der Waals surface area contributed by atoms with Crippen LogP contribution in [0.15, 0.2) is 45.8 Å². The summed E-state index contributed by atoms with van der Waals surface area (Å²) in [6, 6.07) is 9.89. The van der Waals surface area contributed by atoms with E-state index in [4.69, 9.17) is 4.74 Å². The van der Waals surface area contributed by atoms with E-state index in [2.05, 4.69) is 26.0 Å². The molecular weight excluding hydrogens is 444 g/mol. The number of hydrogen-bond acceptors (Lipinski definition) is 4. The summed E-state index contributed by atoms with van der Waals surface area (Å²) in [6.07, 6.45) is 0.315. The third-order valence-electron chi connectivity index (χ3n) is 3.79. The molecule has 0 aliphatic heterocycles. The van der Waals surface area contributed by atoms with E-state index in [1.807, 2.05) is 33.8 Å². The fourth-order valence-electron chi connectivity index (χ4n) is 2.57.